The second-order valence-electron chi connectivity index (χ2n) is 3.99. The third-order valence-corrected chi connectivity index (χ3v) is 3.05. The van der Waals surface area contributed by atoms with Gasteiger partial charge in [0.05, 0.1) is 6.10 Å². The van der Waals surface area contributed by atoms with Crippen molar-refractivity contribution in [2.24, 2.45) is 0 Å². The van der Waals surface area contributed by atoms with E-state index in [4.69, 9.17) is 9.47 Å². The molecule has 0 unspecified atom stereocenters. The Bertz CT molecular complexity index is 277. The number of alkyl halides is 1. The van der Waals surface area contributed by atoms with Gasteiger partial charge < -0.3 is 14.2 Å². The van der Waals surface area contributed by atoms with Crippen LogP contribution in [0.4, 0.5) is 4.39 Å². The minimum atomic E-state index is -1.85. The zero-order chi connectivity index (χ0) is 12.5. The van der Waals surface area contributed by atoms with Crippen molar-refractivity contribution >= 4 is 0 Å². The Morgan fingerprint density at radius 3 is 2.50 bits per heavy atom. The number of rotatable bonds is 4. The van der Waals surface area contributed by atoms with Gasteiger partial charge >= 0.3 is 0 Å². The van der Waals surface area contributed by atoms with Crippen molar-refractivity contribution in [3.63, 3.8) is 0 Å². The SMILES string of the molecule is CO[C@H](F)[C@@H]1O[C@@H](C)[C@H](OC)[C@]1(C)[N+](=O)[O-]. The summed E-state index contributed by atoms with van der Waals surface area (Å²) in [5.41, 5.74) is -1.65. The number of nitro groups is 1. The molecule has 16 heavy (non-hydrogen) atoms. The van der Waals surface area contributed by atoms with E-state index in [0.29, 0.717) is 0 Å². The maximum atomic E-state index is 13.5. The van der Waals surface area contributed by atoms with Crippen molar-refractivity contribution in [1.82, 2.24) is 0 Å². The molecule has 1 aliphatic heterocycles. The van der Waals surface area contributed by atoms with Crippen LogP contribution in [0.25, 0.3) is 0 Å². The van der Waals surface area contributed by atoms with Crippen LogP contribution in [-0.4, -0.2) is 49.4 Å². The maximum absolute atomic E-state index is 13.5. The van der Waals surface area contributed by atoms with E-state index < -0.39 is 35.1 Å². The summed E-state index contributed by atoms with van der Waals surface area (Å²) in [7, 11) is 2.48. The first-order valence-electron chi connectivity index (χ1n) is 4.89. The van der Waals surface area contributed by atoms with Gasteiger partial charge in [-0.3, -0.25) is 10.1 Å². The minimum absolute atomic E-state index is 0.557. The van der Waals surface area contributed by atoms with Crippen molar-refractivity contribution in [2.75, 3.05) is 14.2 Å². The van der Waals surface area contributed by atoms with Gasteiger partial charge in [-0.15, -0.1) is 0 Å². The van der Waals surface area contributed by atoms with Crippen LogP contribution in [0.3, 0.4) is 0 Å². The molecule has 6 nitrogen and oxygen atoms in total. The van der Waals surface area contributed by atoms with Crippen LogP contribution in [0.5, 0.6) is 0 Å². The molecule has 5 atom stereocenters. The van der Waals surface area contributed by atoms with Gasteiger partial charge in [0, 0.05) is 26.1 Å². The maximum Gasteiger partial charge on any atom is 0.278 e. The summed E-state index contributed by atoms with van der Waals surface area (Å²) >= 11 is 0. The molecule has 1 aliphatic rings. The van der Waals surface area contributed by atoms with E-state index in [2.05, 4.69) is 4.74 Å². The topological polar surface area (TPSA) is 70.8 Å². The van der Waals surface area contributed by atoms with Crippen LogP contribution in [0, 0.1) is 10.1 Å². The fourth-order valence-corrected chi connectivity index (χ4v) is 2.17. The van der Waals surface area contributed by atoms with E-state index in [1.54, 1.807) is 6.92 Å². The highest BCUT2D eigenvalue weighted by atomic mass is 19.1. The highest BCUT2D eigenvalue weighted by Gasteiger charge is 2.65. The molecule has 1 rings (SSSR count). The summed E-state index contributed by atoms with van der Waals surface area (Å²) in [6.07, 6.45) is -4.48. The van der Waals surface area contributed by atoms with Gasteiger partial charge in [0.25, 0.3) is 5.54 Å². The number of nitrogens with zero attached hydrogens (tertiary/aromatic N) is 1. The van der Waals surface area contributed by atoms with Crippen LogP contribution >= 0.6 is 0 Å². The number of halogens is 1. The summed E-state index contributed by atoms with van der Waals surface area (Å²) in [5, 5.41) is 11.1. The van der Waals surface area contributed by atoms with Gasteiger partial charge in [0.1, 0.15) is 0 Å². The van der Waals surface area contributed by atoms with Gasteiger partial charge in [0.2, 0.25) is 6.36 Å². The molecule has 0 aliphatic carbocycles. The van der Waals surface area contributed by atoms with Crippen LogP contribution < -0.4 is 0 Å². The molecular weight excluding hydrogens is 221 g/mol. The first-order chi connectivity index (χ1) is 7.39. The molecule has 0 saturated carbocycles. The Morgan fingerprint density at radius 2 is 2.12 bits per heavy atom. The van der Waals surface area contributed by atoms with E-state index in [0.717, 1.165) is 7.11 Å². The normalized spacial score (nSPS) is 40.9. The molecule has 0 aromatic rings. The Kier molecular flexibility index (Phi) is 3.82. The zero-order valence-corrected chi connectivity index (χ0v) is 9.68. The molecule has 0 spiro atoms. The second-order valence-corrected chi connectivity index (χ2v) is 3.99. The van der Waals surface area contributed by atoms with E-state index in [-0.39, 0.29) is 0 Å². The van der Waals surface area contributed by atoms with Crippen molar-refractivity contribution in [1.29, 1.82) is 0 Å². The fraction of sp³-hybridized carbons (Fsp3) is 1.00. The number of hydrogen-bond donors (Lipinski definition) is 0. The van der Waals surface area contributed by atoms with Gasteiger partial charge in [-0.2, -0.15) is 0 Å². The van der Waals surface area contributed by atoms with Crippen LogP contribution in [0.15, 0.2) is 0 Å². The average Bonchev–Trinajstić information content (AvgIpc) is 2.50. The molecule has 0 amide bonds. The Balaban J connectivity index is 3.06. The molecule has 7 heteroatoms. The summed E-state index contributed by atoms with van der Waals surface area (Å²) in [6.45, 7) is 2.92. The molecule has 0 N–H and O–H groups in total. The first kappa shape index (κ1) is 13.3. The van der Waals surface area contributed by atoms with Crippen LogP contribution in [-0.2, 0) is 14.2 Å². The summed E-state index contributed by atoms with van der Waals surface area (Å²) in [5.74, 6) is 0. The molecule has 94 valence electrons. The molecule has 0 aromatic heterocycles. The molecular formula is C9H16FNO5. The summed E-state index contributed by atoms with van der Waals surface area (Å²) in [4.78, 5) is 10.5. The molecule has 0 aromatic carbocycles. The monoisotopic (exact) mass is 237 g/mol. The van der Waals surface area contributed by atoms with E-state index >= 15 is 0 Å². The molecule has 1 fully saturated rings. The Hall–Kier alpha value is -0.790. The average molecular weight is 237 g/mol. The highest BCUT2D eigenvalue weighted by Crippen LogP contribution is 2.38. The van der Waals surface area contributed by atoms with Crippen LogP contribution in [0.1, 0.15) is 13.8 Å². The molecule has 1 heterocycles. The number of ether oxygens (including phenoxy) is 3. The molecule has 0 radical (unpaired) electrons. The molecule has 0 bridgehead atoms. The Labute approximate surface area is 92.8 Å². The standard InChI is InChI=1S/C9H16FNO5/c1-5-6(14-3)9(2,11(12)13)7(16-5)8(10)15-4/h5-8H,1-4H3/t5-,6-,7-,8-,9-/m0/s1. The predicted octanol–water partition coefficient (Wildman–Crippen LogP) is 0.766. The second kappa shape index (κ2) is 4.60. The van der Waals surface area contributed by atoms with Crippen LogP contribution in [0.2, 0.25) is 0 Å². The lowest BCUT2D eigenvalue weighted by Crippen LogP contribution is -2.55. The largest absolute Gasteiger partial charge is 0.371 e. The lowest BCUT2D eigenvalue weighted by atomic mass is 9.89. The van der Waals surface area contributed by atoms with Crippen molar-refractivity contribution < 1.29 is 23.5 Å². The molecule has 1 saturated heterocycles. The smallest absolute Gasteiger partial charge is 0.278 e. The van der Waals surface area contributed by atoms with Crippen molar-refractivity contribution in [2.45, 2.75) is 44.1 Å². The van der Waals surface area contributed by atoms with Gasteiger partial charge in [-0.05, 0) is 6.92 Å². The summed E-state index contributed by atoms with van der Waals surface area (Å²) in [6, 6.07) is 0. The zero-order valence-electron chi connectivity index (χ0n) is 9.68. The number of hydrogen-bond acceptors (Lipinski definition) is 5. The van der Waals surface area contributed by atoms with E-state index in [9.17, 15) is 14.5 Å². The van der Waals surface area contributed by atoms with Gasteiger partial charge in [-0.1, -0.05) is 0 Å². The minimum Gasteiger partial charge on any atom is -0.371 e. The fourth-order valence-electron chi connectivity index (χ4n) is 2.17. The predicted molar refractivity (Wildman–Crippen MR) is 52.4 cm³/mol. The van der Waals surface area contributed by atoms with E-state index in [1.165, 1.54) is 14.0 Å². The third-order valence-electron chi connectivity index (χ3n) is 3.05. The van der Waals surface area contributed by atoms with Crippen molar-refractivity contribution in [3.05, 3.63) is 10.1 Å². The van der Waals surface area contributed by atoms with E-state index in [1.807, 2.05) is 0 Å². The van der Waals surface area contributed by atoms with Gasteiger partial charge in [0.15, 0.2) is 12.2 Å². The third kappa shape index (κ3) is 1.79. The lowest BCUT2D eigenvalue weighted by molar-refractivity contribution is -0.584. The first-order valence-corrected chi connectivity index (χ1v) is 4.89. The Morgan fingerprint density at radius 1 is 1.56 bits per heavy atom. The highest BCUT2D eigenvalue weighted by molar-refractivity contribution is 5.02. The summed E-state index contributed by atoms with van der Waals surface area (Å²) < 4.78 is 28.2. The quantitative estimate of drug-likeness (QED) is 0.533. The number of methoxy groups -OCH3 is 2. The lowest BCUT2D eigenvalue weighted by Gasteiger charge is -2.26. The van der Waals surface area contributed by atoms with Gasteiger partial charge in [-0.25, -0.2) is 4.39 Å². The van der Waals surface area contributed by atoms with Crippen molar-refractivity contribution in [3.8, 4) is 0 Å².